The van der Waals surface area contributed by atoms with E-state index in [1.165, 1.54) is 18.0 Å². The standard InChI is InChI=1S/C12H8N4O4S2/c17-16(18)10-5-13-12(21-10)22-11-14-6-3-8-9(4-7(6)15-11)20-2-1-19-8/h3-5H,1-2H2,(H,14,15). The quantitative estimate of drug-likeness (QED) is 0.579. The van der Waals surface area contributed by atoms with Crippen LogP contribution in [0.15, 0.2) is 27.8 Å². The Bertz CT molecular complexity index is 832. The molecule has 3 heterocycles. The largest absolute Gasteiger partial charge is 0.486 e. The zero-order chi connectivity index (χ0) is 15.1. The molecule has 1 aromatic carbocycles. The van der Waals surface area contributed by atoms with Gasteiger partial charge in [0.1, 0.15) is 19.4 Å². The van der Waals surface area contributed by atoms with Gasteiger partial charge in [0.05, 0.1) is 16.0 Å². The summed E-state index contributed by atoms with van der Waals surface area (Å²) in [5.74, 6) is 1.36. The Morgan fingerprint density at radius 1 is 1.32 bits per heavy atom. The fraction of sp³-hybridized carbons (Fsp3) is 0.167. The van der Waals surface area contributed by atoms with Crippen molar-refractivity contribution in [1.29, 1.82) is 0 Å². The van der Waals surface area contributed by atoms with Gasteiger partial charge in [-0.05, 0) is 23.1 Å². The Morgan fingerprint density at radius 2 is 2.09 bits per heavy atom. The number of nitro groups is 1. The summed E-state index contributed by atoms with van der Waals surface area (Å²) in [7, 11) is 0. The highest BCUT2D eigenvalue weighted by molar-refractivity contribution is 8.00. The molecule has 2 aromatic heterocycles. The van der Waals surface area contributed by atoms with Crippen molar-refractivity contribution >= 4 is 39.1 Å². The van der Waals surface area contributed by atoms with Crippen LogP contribution in [0.3, 0.4) is 0 Å². The second-order valence-corrected chi connectivity index (χ2v) is 6.62. The summed E-state index contributed by atoms with van der Waals surface area (Å²) in [6.07, 6.45) is 1.25. The van der Waals surface area contributed by atoms with Crippen molar-refractivity contribution < 1.29 is 14.4 Å². The Balaban J connectivity index is 1.65. The van der Waals surface area contributed by atoms with Crippen molar-refractivity contribution in [2.75, 3.05) is 13.2 Å². The van der Waals surface area contributed by atoms with E-state index in [1.54, 1.807) is 0 Å². The maximum Gasteiger partial charge on any atom is 0.344 e. The lowest BCUT2D eigenvalue weighted by atomic mass is 10.2. The smallest absolute Gasteiger partial charge is 0.344 e. The Kier molecular flexibility index (Phi) is 3.12. The van der Waals surface area contributed by atoms with Gasteiger partial charge >= 0.3 is 5.00 Å². The number of rotatable bonds is 3. The lowest BCUT2D eigenvalue weighted by molar-refractivity contribution is -0.380. The lowest BCUT2D eigenvalue weighted by Crippen LogP contribution is -2.15. The van der Waals surface area contributed by atoms with Crippen LogP contribution in [0.25, 0.3) is 11.0 Å². The maximum atomic E-state index is 10.7. The molecule has 0 radical (unpaired) electrons. The maximum absolute atomic E-state index is 10.7. The summed E-state index contributed by atoms with van der Waals surface area (Å²) in [6, 6.07) is 3.65. The first-order valence-corrected chi connectivity index (χ1v) is 7.90. The van der Waals surface area contributed by atoms with E-state index in [1.807, 2.05) is 12.1 Å². The third-order valence-corrected chi connectivity index (χ3v) is 4.87. The van der Waals surface area contributed by atoms with Gasteiger partial charge in [-0.2, -0.15) is 0 Å². The van der Waals surface area contributed by atoms with Crippen molar-refractivity contribution in [3.63, 3.8) is 0 Å². The minimum Gasteiger partial charge on any atom is -0.486 e. The minimum absolute atomic E-state index is 0.0101. The first-order valence-electron chi connectivity index (χ1n) is 6.26. The SMILES string of the molecule is O=[N+]([O-])c1cnc(Sc2nc3cc4c(cc3[nH]2)OCCO4)s1. The molecule has 0 amide bonds. The zero-order valence-corrected chi connectivity index (χ0v) is 12.6. The molecule has 0 fully saturated rings. The molecule has 0 unspecified atom stereocenters. The highest BCUT2D eigenvalue weighted by atomic mass is 32.2. The second kappa shape index (κ2) is 5.14. The van der Waals surface area contributed by atoms with E-state index in [9.17, 15) is 10.1 Å². The molecule has 112 valence electrons. The van der Waals surface area contributed by atoms with E-state index in [2.05, 4.69) is 15.0 Å². The number of hydrogen-bond donors (Lipinski definition) is 1. The molecule has 1 aliphatic rings. The van der Waals surface area contributed by atoms with E-state index < -0.39 is 4.92 Å². The highest BCUT2D eigenvalue weighted by Crippen LogP contribution is 2.37. The van der Waals surface area contributed by atoms with Crippen LogP contribution in [-0.2, 0) is 0 Å². The van der Waals surface area contributed by atoms with Gasteiger partial charge in [-0.25, -0.2) is 9.97 Å². The number of imidazole rings is 1. The van der Waals surface area contributed by atoms with E-state index in [0.29, 0.717) is 34.2 Å². The molecule has 4 rings (SSSR count). The molecule has 1 N–H and O–H groups in total. The Labute approximate surface area is 131 Å². The molecule has 3 aromatic rings. The Morgan fingerprint density at radius 3 is 2.82 bits per heavy atom. The number of ether oxygens (including phenoxy) is 2. The van der Waals surface area contributed by atoms with Crippen LogP contribution in [0.4, 0.5) is 5.00 Å². The summed E-state index contributed by atoms with van der Waals surface area (Å²) in [5, 5.41) is 11.3. The van der Waals surface area contributed by atoms with Crippen LogP contribution in [0, 0.1) is 10.1 Å². The topological polar surface area (TPSA) is 103 Å². The predicted molar refractivity (Wildman–Crippen MR) is 80.0 cm³/mol. The van der Waals surface area contributed by atoms with E-state index in [0.717, 1.165) is 22.4 Å². The van der Waals surface area contributed by atoms with Crippen LogP contribution in [-0.4, -0.2) is 33.1 Å². The number of H-pyrrole nitrogens is 1. The lowest BCUT2D eigenvalue weighted by Gasteiger charge is -2.17. The van der Waals surface area contributed by atoms with Gasteiger partial charge in [0, 0.05) is 12.1 Å². The van der Waals surface area contributed by atoms with Gasteiger partial charge in [-0.1, -0.05) is 0 Å². The summed E-state index contributed by atoms with van der Waals surface area (Å²) in [5.41, 5.74) is 1.57. The number of benzene rings is 1. The fourth-order valence-corrected chi connectivity index (χ4v) is 3.74. The molecule has 0 aliphatic carbocycles. The average molecular weight is 336 g/mol. The van der Waals surface area contributed by atoms with E-state index in [-0.39, 0.29) is 5.00 Å². The first kappa shape index (κ1) is 13.3. The highest BCUT2D eigenvalue weighted by Gasteiger charge is 2.17. The van der Waals surface area contributed by atoms with Gasteiger partial charge in [0.2, 0.25) is 0 Å². The molecular formula is C12H8N4O4S2. The number of nitrogens with one attached hydrogen (secondary N) is 1. The third-order valence-electron chi connectivity index (χ3n) is 2.96. The Hall–Kier alpha value is -2.33. The zero-order valence-electron chi connectivity index (χ0n) is 10.9. The number of aromatic amines is 1. The van der Waals surface area contributed by atoms with Crippen molar-refractivity contribution in [2.24, 2.45) is 0 Å². The van der Waals surface area contributed by atoms with Crippen molar-refractivity contribution in [3.05, 3.63) is 28.4 Å². The van der Waals surface area contributed by atoms with Crippen LogP contribution in [0.5, 0.6) is 11.5 Å². The monoisotopic (exact) mass is 336 g/mol. The molecule has 0 saturated heterocycles. The molecule has 10 heteroatoms. The van der Waals surface area contributed by atoms with Crippen LogP contribution < -0.4 is 9.47 Å². The summed E-state index contributed by atoms with van der Waals surface area (Å²) >= 11 is 2.26. The van der Waals surface area contributed by atoms with E-state index in [4.69, 9.17) is 9.47 Å². The van der Waals surface area contributed by atoms with Crippen LogP contribution in [0.1, 0.15) is 0 Å². The molecule has 0 atom stereocenters. The normalized spacial score (nSPS) is 13.5. The van der Waals surface area contributed by atoms with Gasteiger partial charge < -0.3 is 14.5 Å². The van der Waals surface area contributed by atoms with Crippen molar-refractivity contribution in [1.82, 2.24) is 15.0 Å². The predicted octanol–water partition coefficient (Wildman–Crippen LogP) is 2.85. The van der Waals surface area contributed by atoms with Crippen LogP contribution in [0.2, 0.25) is 0 Å². The second-order valence-electron chi connectivity index (χ2n) is 4.38. The summed E-state index contributed by atoms with van der Waals surface area (Å²) < 4.78 is 11.6. The number of thiazole rings is 1. The average Bonchev–Trinajstić information content (AvgIpc) is 3.11. The summed E-state index contributed by atoms with van der Waals surface area (Å²) in [4.78, 5) is 21.8. The molecule has 0 spiro atoms. The molecule has 0 saturated carbocycles. The minimum atomic E-state index is -0.455. The van der Waals surface area contributed by atoms with Gasteiger partial charge in [-0.15, -0.1) is 0 Å². The van der Waals surface area contributed by atoms with Crippen molar-refractivity contribution in [2.45, 2.75) is 9.50 Å². The summed E-state index contributed by atoms with van der Waals surface area (Å²) in [6.45, 7) is 1.05. The van der Waals surface area contributed by atoms with Gasteiger partial charge in [-0.3, -0.25) is 10.1 Å². The number of fused-ring (bicyclic) bond motifs is 2. The third kappa shape index (κ3) is 2.35. The molecular weight excluding hydrogens is 328 g/mol. The molecule has 8 nitrogen and oxygen atoms in total. The number of hydrogen-bond acceptors (Lipinski definition) is 8. The molecule has 0 bridgehead atoms. The molecule has 22 heavy (non-hydrogen) atoms. The first-order chi connectivity index (χ1) is 10.7. The number of aromatic nitrogens is 3. The van der Waals surface area contributed by atoms with Gasteiger partial charge in [0.15, 0.2) is 21.0 Å². The van der Waals surface area contributed by atoms with Crippen molar-refractivity contribution in [3.8, 4) is 11.5 Å². The van der Waals surface area contributed by atoms with E-state index >= 15 is 0 Å². The van der Waals surface area contributed by atoms with Crippen LogP contribution >= 0.6 is 23.1 Å². The fourth-order valence-electron chi connectivity index (χ4n) is 2.04. The molecule has 1 aliphatic heterocycles. The van der Waals surface area contributed by atoms with Gasteiger partial charge in [0.25, 0.3) is 0 Å². The number of nitrogens with zero attached hydrogens (tertiary/aromatic N) is 3.